The monoisotopic (exact) mass is 737 g/mol. The fourth-order valence-corrected chi connectivity index (χ4v) is 8.26. The summed E-state index contributed by atoms with van der Waals surface area (Å²) in [6, 6.07) is 20.3. The van der Waals surface area contributed by atoms with Gasteiger partial charge in [-0.05, 0) is 36.8 Å². The first-order chi connectivity index (χ1) is 26.6. The van der Waals surface area contributed by atoms with Crippen molar-refractivity contribution >= 4 is 12.2 Å². The van der Waals surface area contributed by atoms with E-state index >= 15 is 0 Å². The number of hydrogen-bond donors (Lipinski definition) is 0. The Kier molecular flexibility index (Phi) is 17.8. The fraction of sp³-hybridized carbons (Fsp3) is 0.583. The summed E-state index contributed by atoms with van der Waals surface area (Å²) in [4.78, 5) is 31.1. The molecule has 0 unspecified atom stereocenters. The van der Waals surface area contributed by atoms with Crippen LogP contribution in [0.25, 0.3) is 0 Å². The summed E-state index contributed by atoms with van der Waals surface area (Å²) >= 11 is 0. The summed E-state index contributed by atoms with van der Waals surface area (Å²) in [5.41, 5.74) is 6.33. The molecule has 6 nitrogen and oxygen atoms in total. The molecule has 6 heteroatoms. The van der Waals surface area contributed by atoms with Crippen LogP contribution in [0, 0.1) is 0 Å². The molecule has 54 heavy (non-hydrogen) atoms. The standard InChI is InChI=1S/C48H68N2O4/c1-3-5-7-9-11-13-15-17-19-27-33-41-43-37-49(35-39-29-23-21-24-30-39)48(52)54-46(43)42(34-28-20-18-16-14-12-10-8-6-4-2)44-38-50(47(51)53-45(41)44)36-40-31-25-22-26-32-40/h21-26,29-32H,3-20,27-28,33-38H2,1-2H3. The summed E-state index contributed by atoms with van der Waals surface area (Å²) in [6.45, 7) is 6.41. The van der Waals surface area contributed by atoms with E-state index < -0.39 is 0 Å². The largest absolute Gasteiger partial charge is 0.415 e. The number of carbonyl (C=O) groups is 2. The molecule has 0 aliphatic carbocycles. The Morgan fingerprint density at radius 3 is 1.09 bits per heavy atom. The first-order valence-electron chi connectivity index (χ1n) is 21.8. The van der Waals surface area contributed by atoms with Crippen LogP contribution in [0.2, 0.25) is 0 Å². The molecule has 3 aromatic rings. The Bertz CT molecular complexity index is 1440. The van der Waals surface area contributed by atoms with Crippen molar-refractivity contribution in [3.8, 4) is 11.5 Å². The third-order valence-electron chi connectivity index (χ3n) is 11.4. The van der Waals surface area contributed by atoms with Gasteiger partial charge in [0, 0.05) is 35.3 Å². The molecule has 2 heterocycles. The molecule has 0 bridgehead atoms. The second-order valence-corrected chi connectivity index (χ2v) is 15.9. The van der Waals surface area contributed by atoms with Crippen molar-refractivity contribution in [2.24, 2.45) is 0 Å². The number of nitrogens with zero attached hydrogens (tertiary/aromatic N) is 2. The van der Waals surface area contributed by atoms with Gasteiger partial charge in [0.05, 0.1) is 13.1 Å². The molecule has 3 aromatic carbocycles. The molecule has 2 aliphatic heterocycles. The van der Waals surface area contributed by atoms with Crippen molar-refractivity contribution in [2.75, 3.05) is 0 Å². The van der Waals surface area contributed by atoms with Gasteiger partial charge in [-0.3, -0.25) is 9.80 Å². The normalized spacial score (nSPS) is 13.8. The maximum Gasteiger partial charge on any atom is 0.415 e. The van der Waals surface area contributed by atoms with Crippen molar-refractivity contribution in [2.45, 2.75) is 181 Å². The van der Waals surface area contributed by atoms with E-state index in [9.17, 15) is 9.59 Å². The molecule has 5 rings (SSSR count). The van der Waals surface area contributed by atoms with Crippen molar-refractivity contribution in [1.29, 1.82) is 0 Å². The summed E-state index contributed by atoms with van der Waals surface area (Å²) in [7, 11) is 0. The van der Waals surface area contributed by atoms with Gasteiger partial charge >= 0.3 is 12.2 Å². The maximum atomic E-state index is 13.7. The molecule has 0 aromatic heterocycles. The molecule has 0 radical (unpaired) electrons. The average Bonchev–Trinajstić information content (AvgIpc) is 3.18. The Balaban J connectivity index is 1.37. The highest BCUT2D eigenvalue weighted by molar-refractivity contribution is 5.80. The Hall–Kier alpha value is -3.80. The van der Waals surface area contributed by atoms with Crippen molar-refractivity contribution < 1.29 is 19.1 Å². The lowest BCUT2D eigenvalue weighted by Gasteiger charge is -2.36. The topological polar surface area (TPSA) is 59.1 Å². The Morgan fingerprint density at radius 2 is 0.759 bits per heavy atom. The van der Waals surface area contributed by atoms with Crippen LogP contribution in [-0.4, -0.2) is 22.0 Å². The van der Waals surface area contributed by atoms with Crippen LogP contribution in [0.5, 0.6) is 11.5 Å². The van der Waals surface area contributed by atoms with Crippen LogP contribution in [0.15, 0.2) is 60.7 Å². The van der Waals surface area contributed by atoms with Crippen LogP contribution in [0.4, 0.5) is 9.59 Å². The van der Waals surface area contributed by atoms with Crippen LogP contribution in [-0.2, 0) is 39.0 Å². The molecule has 0 atom stereocenters. The van der Waals surface area contributed by atoms with Crippen LogP contribution < -0.4 is 9.47 Å². The van der Waals surface area contributed by atoms with Crippen LogP contribution in [0.1, 0.15) is 176 Å². The van der Waals surface area contributed by atoms with Crippen molar-refractivity contribution in [3.05, 3.63) is 94.0 Å². The third-order valence-corrected chi connectivity index (χ3v) is 11.4. The van der Waals surface area contributed by atoms with E-state index in [1.54, 1.807) is 0 Å². The highest BCUT2D eigenvalue weighted by Gasteiger charge is 2.37. The predicted octanol–water partition coefficient (Wildman–Crippen LogP) is 13.6. The van der Waals surface area contributed by atoms with Crippen molar-refractivity contribution in [1.82, 2.24) is 9.80 Å². The van der Waals surface area contributed by atoms with E-state index in [0.29, 0.717) is 26.2 Å². The summed E-state index contributed by atoms with van der Waals surface area (Å²) in [5.74, 6) is 1.47. The maximum absolute atomic E-state index is 13.7. The quantitative estimate of drug-likeness (QED) is 0.0770. The second kappa shape index (κ2) is 23.2. The summed E-state index contributed by atoms with van der Waals surface area (Å²) < 4.78 is 12.8. The molecule has 2 aliphatic rings. The fourth-order valence-electron chi connectivity index (χ4n) is 8.26. The van der Waals surface area contributed by atoms with E-state index in [1.165, 1.54) is 103 Å². The van der Waals surface area contributed by atoms with E-state index in [4.69, 9.17) is 9.47 Å². The molecular formula is C48H68N2O4. The molecule has 2 amide bonds. The van der Waals surface area contributed by atoms with Gasteiger partial charge in [0.2, 0.25) is 0 Å². The van der Waals surface area contributed by atoms with Gasteiger partial charge < -0.3 is 9.47 Å². The van der Waals surface area contributed by atoms with Gasteiger partial charge in [-0.2, -0.15) is 0 Å². The summed E-state index contributed by atoms with van der Waals surface area (Å²) in [5, 5.41) is 0. The minimum absolute atomic E-state index is 0.297. The molecule has 294 valence electrons. The number of unbranched alkanes of at least 4 members (excludes halogenated alkanes) is 18. The Labute approximate surface area is 327 Å². The zero-order valence-corrected chi connectivity index (χ0v) is 33.7. The summed E-state index contributed by atoms with van der Waals surface area (Å²) in [6.07, 6.45) is 26.3. The second-order valence-electron chi connectivity index (χ2n) is 15.9. The van der Waals surface area contributed by atoms with Gasteiger partial charge in [-0.25, -0.2) is 9.59 Å². The lowest BCUT2D eigenvalue weighted by Crippen LogP contribution is -2.40. The lowest BCUT2D eigenvalue weighted by atomic mass is 9.87. The van der Waals surface area contributed by atoms with E-state index in [0.717, 1.165) is 83.4 Å². The van der Waals surface area contributed by atoms with Crippen LogP contribution >= 0.6 is 0 Å². The molecule has 0 fully saturated rings. The van der Waals surface area contributed by atoms with Gasteiger partial charge in [0.15, 0.2) is 0 Å². The van der Waals surface area contributed by atoms with Gasteiger partial charge in [-0.1, -0.05) is 190 Å². The van der Waals surface area contributed by atoms with E-state index in [1.807, 2.05) is 46.2 Å². The Morgan fingerprint density at radius 1 is 0.444 bits per heavy atom. The number of amides is 2. The third kappa shape index (κ3) is 12.6. The first-order valence-corrected chi connectivity index (χ1v) is 21.8. The number of ether oxygens (including phenoxy) is 2. The SMILES string of the molecule is CCCCCCCCCCCCc1c2c(c(CCCCCCCCCCCC)c3c1OC(=O)N(Cc1ccccc1)C3)OC(=O)N(Cc1ccccc1)C2. The molecule has 0 saturated carbocycles. The number of rotatable bonds is 26. The molecule has 0 spiro atoms. The lowest BCUT2D eigenvalue weighted by molar-refractivity contribution is 0.127. The van der Waals surface area contributed by atoms with Gasteiger partial charge in [-0.15, -0.1) is 0 Å². The van der Waals surface area contributed by atoms with E-state index in [2.05, 4.69) is 38.1 Å². The number of fused-ring (bicyclic) bond motifs is 2. The van der Waals surface area contributed by atoms with Crippen LogP contribution in [0.3, 0.4) is 0 Å². The minimum atomic E-state index is -0.297. The van der Waals surface area contributed by atoms with Crippen molar-refractivity contribution in [3.63, 3.8) is 0 Å². The zero-order valence-electron chi connectivity index (χ0n) is 33.7. The number of carbonyl (C=O) groups excluding carboxylic acids is 2. The number of benzene rings is 3. The predicted molar refractivity (Wildman–Crippen MR) is 221 cm³/mol. The van der Waals surface area contributed by atoms with Gasteiger partial charge in [0.1, 0.15) is 11.5 Å². The number of hydrogen-bond acceptors (Lipinski definition) is 4. The average molecular weight is 737 g/mol. The molecular weight excluding hydrogens is 669 g/mol. The smallest absolute Gasteiger partial charge is 0.409 e. The minimum Gasteiger partial charge on any atom is -0.409 e. The highest BCUT2D eigenvalue weighted by atomic mass is 16.6. The first kappa shape index (κ1) is 41.4. The molecule has 0 N–H and O–H groups in total. The zero-order chi connectivity index (χ0) is 37.8. The van der Waals surface area contributed by atoms with E-state index in [-0.39, 0.29) is 12.2 Å². The highest BCUT2D eigenvalue weighted by Crippen LogP contribution is 2.46. The van der Waals surface area contributed by atoms with Gasteiger partial charge in [0.25, 0.3) is 0 Å². The molecule has 0 saturated heterocycles.